The number of carbonyl (C=O) groups excluding carboxylic acids is 1. The molecule has 20 heavy (non-hydrogen) atoms. The molecule has 2 aliphatic rings. The molecule has 0 N–H and O–H groups in total. The van der Waals surface area contributed by atoms with Gasteiger partial charge in [-0.1, -0.05) is 0 Å². The molecule has 114 valence electrons. The molecule has 1 aliphatic carbocycles. The van der Waals surface area contributed by atoms with Crippen LogP contribution in [0.1, 0.15) is 58.3 Å². The third-order valence-electron chi connectivity index (χ3n) is 4.71. The molecule has 0 radical (unpaired) electrons. The number of rotatable bonds is 1. The van der Waals surface area contributed by atoms with Gasteiger partial charge in [-0.3, -0.25) is 0 Å². The van der Waals surface area contributed by atoms with Gasteiger partial charge in [0.1, 0.15) is 0 Å². The van der Waals surface area contributed by atoms with Crippen LogP contribution in [0.2, 0.25) is 10.6 Å². The normalized spacial score (nSPS) is 38.0. The summed E-state index contributed by atoms with van der Waals surface area (Å²) in [6.07, 6.45) is 14.1. The summed E-state index contributed by atoms with van der Waals surface area (Å²) < 4.78 is 5.55. The van der Waals surface area contributed by atoms with E-state index in [1.807, 2.05) is 6.92 Å². The Morgan fingerprint density at radius 2 is 2.10 bits per heavy atom. The summed E-state index contributed by atoms with van der Waals surface area (Å²) in [5.74, 6) is 3.89. The van der Waals surface area contributed by atoms with Crippen molar-refractivity contribution >= 4 is 20.9 Å². The number of cyclic esters (lactones) is 1. The topological polar surface area (TPSA) is 26.3 Å². The van der Waals surface area contributed by atoms with E-state index in [1.165, 1.54) is 25.7 Å². The van der Waals surface area contributed by atoms with E-state index < -0.39 is 0 Å². The number of hydrogen-bond acceptors (Lipinski definition) is 2. The molecule has 2 nitrogen and oxygen atoms in total. The molecule has 1 fully saturated rings. The van der Waals surface area contributed by atoms with Crippen LogP contribution in [-0.2, 0) is 9.53 Å². The third-order valence-corrected chi connectivity index (χ3v) is 6.86. The average Bonchev–Trinajstić information content (AvgIpc) is 2.84. The Hall–Kier alpha value is -0.271. The Balaban J connectivity index is 2.02. The minimum absolute atomic E-state index is 0.0352. The molecule has 4 atom stereocenters. The van der Waals surface area contributed by atoms with Crippen molar-refractivity contribution in [3.8, 4) is 0 Å². The Morgan fingerprint density at radius 1 is 1.25 bits per heavy atom. The van der Waals surface area contributed by atoms with E-state index >= 15 is 0 Å². The minimum atomic E-state index is 0.0352. The molecule has 0 aromatic heterocycles. The van der Waals surface area contributed by atoms with E-state index in [-0.39, 0.29) is 12.1 Å². The van der Waals surface area contributed by atoms with Crippen LogP contribution in [0.3, 0.4) is 0 Å². The number of esters is 1. The summed E-state index contributed by atoms with van der Waals surface area (Å²) in [5.41, 5.74) is 0. The molecule has 0 spiro atoms. The summed E-state index contributed by atoms with van der Waals surface area (Å²) >= 11 is 0.541. The predicted molar refractivity (Wildman–Crippen MR) is 84.0 cm³/mol. The van der Waals surface area contributed by atoms with E-state index in [0.29, 0.717) is 26.2 Å². The fraction of sp³-hybridized carbons (Fsp3) is 0.824. The fourth-order valence-electron chi connectivity index (χ4n) is 3.52. The van der Waals surface area contributed by atoms with Gasteiger partial charge >= 0.3 is 129 Å². The molecular weight excluding hydrogens is 315 g/mol. The fourth-order valence-corrected chi connectivity index (χ4v) is 5.08. The molecular formula is C17H28O2Se. The molecule has 1 heterocycles. The average molecular weight is 343 g/mol. The molecule has 2 unspecified atom stereocenters. The Morgan fingerprint density at radius 3 is 2.90 bits per heavy atom. The van der Waals surface area contributed by atoms with Crippen LogP contribution < -0.4 is 0 Å². The first-order valence-electron chi connectivity index (χ1n) is 8.08. The number of fused-ring (bicyclic) bond motifs is 1. The second kappa shape index (κ2) is 8.24. The van der Waals surface area contributed by atoms with Crippen molar-refractivity contribution in [2.24, 2.45) is 11.8 Å². The molecule has 1 aliphatic heterocycles. The van der Waals surface area contributed by atoms with E-state index in [4.69, 9.17) is 4.74 Å². The summed E-state index contributed by atoms with van der Waals surface area (Å²) in [5, 5.41) is 0. The Bertz CT molecular complexity index is 340. The second-order valence-corrected chi connectivity index (χ2v) is 8.70. The summed E-state index contributed by atoms with van der Waals surface area (Å²) in [4.78, 5) is 12.6. The van der Waals surface area contributed by atoms with Crippen molar-refractivity contribution in [1.29, 1.82) is 0 Å². The van der Waals surface area contributed by atoms with Gasteiger partial charge in [-0.05, 0) is 0 Å². The number of hydrogen-bond donors (Lipinski definition) is 0. The SMILES string of the molecule is C[Se][C@@H]1CC(=O)O[C@@H](C)CCC/C=C/C2CCCC2C1. The van der Waals surface area contributed by atoms with Crippen LogP contribution in [0.15, 0.2) is 12.2 Å². The molecule has 3 heteroatoms. The van der Waals surface area contributed by atoms with Gasteiger partial charge in [0.15, 0.2) is 0 Å². The Labute approximate surface area is 129 Å². The van der Waals surface area contributed by atoms with Crippen LogP contribution in [0.25, 0.3) is 0 Å². The van der Waals surface area contributed by atoms with Crippen molar-refractivity contribution in [1.82, 2.24) is 0 Å². The van der Waals surface area contributed by atoms with Crippen molar-refractivity contribution in [3.63, 3.8) is 0 Å². The van der Waals surface area contributed by atoms with Gasteiger partial charge < -0.3 is 0 Å². The molecule has 0 aromatic carbocycles. The van der Waals surface area contributed by atoms with Gasteiger partial charge in [0.2, 0.25) is 0 Å². The van der Waals surface area contributed by atoms with Gasteiger partial charge in [0, 0.05) is 0 Å². The van der Waals surface area contributed by atoms with Crippen LogP contribution in [0.4, 0.5) is 0 Å². The van der Waals surface area contributed by atoms with Gasteiger partial charge in [-0.25, -0.2) is 0 Å². The van der Waals surface area contributed by atoms with E-state index in [0.717, 1.165) is 31.1 Å². The molecule has 0 aromatic rings. The number of carbonyl (C=O) groups is 1. The monoisotopic (exact) mass is 344 g/mol. The third kappa shape index (κ3) is 4.93. The van der Waals surface area contributed by atoms with Crippen molar-refractivity contribution < 1.29 is 9.53 Å². The second-order valence-electron chi connectivity index (χ2n) is 6.31. The van der Waals surface area contributed by atoms with Gasteiger partial charge in [-0.15, -0.1) is 0 Å². The summed E-state index contributed by atoms with van der Waals surface area (Å²) in [7, 11) is 0. The predicted octanol–water partition coefficient (Wildman–Crippen LogP) is 4.40. The van der Waals surface area contributed by atoms with Gasteiger partial charge in [0.05, 0.1) is 0 Å². The first-order valence-corrected chi connectivity index (χ1v) is 10.8. The Kier molecular flexibility index (Phi) is 6.64. The van der Waals surface area contributed by atoms with Crippen LogP contribution >= 0.6 is 0 Å². The number of ether oxygens (including phenoxy) is 1. The van der Waals surface area contributed by atoms with Crippen molar-refractivity contribution in [2.45, 2.75) is 75.0 Å². The van der Waals surface area contributed by atoms with Crippen LogP contribution in [0, 0.1) is 11.8 Å². The van der Waals surface area contributed by atoms with Gasteiger partial charge in [0.25, 0.3) is 0 Å². The van der Waals surface area contributed by atoms with Crippen LogP contribution in [-0.4, -0.2) is 27.0 Å². The number of allylic oxidation sites excluding steroid dienone is 2. The van der Waals surface area contributed by atoms with Gasteiger partial charge in [-0.2, -0.15) is 0 Å². The maximum atomic E-state index is 12.0. The zero-order valence-electron chi connectivity index (χ0n) is 12.8. The van der Waals surface area contributed by atoms with E-state index in [1.54, 1.807) is 0 Å². The van der Waals surface area contributed by atoms with E-state index in [9.17, 15) is 4.79 Å². The molecule has 0 amide bonds. The quantitative estimate of drug-likeness (QED) is 0.401. The van der Waals surface area contributed by atoms with Crippen molar-refractivity contribution in [2.75, 3.05) is 0 Å². The first kappa shape index (κ1) is 16.1. The summed E-state index contributed by atoms with van der Waals surface area (Å²) in [6.45, 7) is 2.03. The van der Waals surface area contributed by atoms with Crippen LogP contribution in [0.5, 0.6) is 0 Å². The zero-order valence-corrected chi connectivity index (χ0v) is 14.6. The standard InChI is InChI=1S/C17H28O2Se/c1-13-7-4-3-5-8-14-9-6-10-15(14)11-16(20-2)12-17(18)19-13/h5,8,13-16H,3-4,6-7,9-12H2,1-2H3/b8-5+/t13-,14?,15?,16-/m0/s1. The molecule has 0 bridgehead atoms. The zero-order chi connectivity index (χ0) is 14.4. The summed E-state index contributed by atoms with van der Waals surface area (Å²) in [6, 6.07) is 0. The van der Waals surface area contributed by atoms with Crippen molar-refractivity contribution in [3.05, 3.63) is 12.2 Å². The molecule has 0 saturated heterocycles. The molecule has 1 saturated carbocycles. The van der Waals surface area contributed by atoms with E-state index in [2.05, 4.69) is 18.0 Å². The first-order chi connectivity index (χ1) is 9.69. The maximum absolute atomic E-state index is 12.0. The molecule has 2 rings (SSSR count).